The molecule has 1 atom stereocenters. The lowest BCUT2D eigenvalue weighted by Gasteiger charge is -2.30. The van der Waals surface area contributed by atoms with Crippen molar-refractivity contribution in [1.82, 2.24) is 0 Å². The van der Waals surface area contributed by atoms with E-state index in [4.69, 9.17) is 17.3 Å². The first-order valence-corrected chi connectivity index (χ1v) is 8.72. The Morgan fingerprint density at radius 3 is 2.29 bits per heavy atom. The highest BCUT2D eigenvalue weighted by atomic mass is 35.5. The Morgan fingerprint density at radius 1 is 1.10 bits per heavy atom. The largest absolute Gasteiger partial charge is 0.371 e. The number of hydrogen-bond donors (Lipinski definition) is 1. The smallest absolute Gasteiger partial charge is 0.0459 e. The highest BCUT2D eigenvalue weighted by molar-refractivity contribution is 6.31. The molecular weight excluding hydrogens is 280 g/mol. The molecule has 0 aliphatic rings. The molecule has 0 saturated heterocycles. The first kappa shape index (κ1) is 18.3. The van der Waals surface area contributed by atoms with Crippen molar-refractivity contribution < 1.29 is 0 Å². The molecule has 0 fully saturated rings. The van der Waals surface area contributed by atoms with Gasteiger partial charge in [0.1, 0.15) is 0 Å². The van der Waals surface area contributed by atoms with Gasteiger partial charge >= 0.3 is 0 Å². The molecular formula is C18H31ClN2. The van der Waals surface area contributed by atoms with Gasteiger partial charge in [-0.3, -0.25) is 0 Å². The van der Waals surface area contributed by atoms with Crippen LogP contribution in [0.4, 0.5) is 5.69 Å². The maximum atomic E-state index is 6.45. The Balaban J connectivity index is 3.05. The Kier molecular flexibility index (Phi) is 8.13. The van der Waals surface area contributed by atoms with E-state index in [1.165, 1.54) is 24.1 Å². The molecule has 0 aromatic heterocycles. The third-order valence-corrected chi connectivity index (χ3v) is 4.79. The molecule has 0 aliphatic heterocycles. The molecule has 0 heterocycles. The van der Waals surface area contributed by atoms with Crippen molar-refractivity contribution in [3.8, 4) is 0 Å². The molecule has 1 aromatic rings. The molecule has 2 N–H and O–H groups in total. The average Bonchev–Trinajstić information content (AvgIpc) is 2.51. The van der Waals surface area contributed by atoms with E-state index in [9.17, 15) is 0 Å². The number of nitrogens with zero attached hydrogens (tertiary/aromatic N) is 1. The summed E-state index contributed by atoms with van der Waals surface area (Å²) >= 11 is 6.45. The molecule has 0 amide bonds. The Bertz CT molecular complexity index is 416. The molecule has 0 spiro atoms. The van der Waals surface area contributed by atoms with Crippen LogP contribution in [0.1, 0.15) is 52.5 Å². The minimum absolute atomic E-state index is 0.176. The number of benzene rings is 1. The molecule has 2 nitrogen and oxygen atoms in total. The normalized spacial score (nSPS) is 12.7. The van der Waals surface area contributed by atoms with Crippen LogP contribution in [0.2, 0.25) is 5.02 Å². The second kappa shape index (κ2) is 9.32. The van der Waals surface area contributed by atoms with Crippen LogP contribution in [0.25, 0.3) is 0 Å². The second-order valence-corrected chi connectivity index (χ2v) is 6.24. The van der Waals surface area contributed by atoms with Crippen LogP contribution in [-0.4, -0.2) is 19.1 Å². The van der Waals surface area contributed by atoms with E-state index >= 15 is 0 Å². The summed E-state index contributed by atoms with van der Waals surface area (Å²) in [6.07, 6.45) is 4.27. The minimum Gasteiger partial charge on any atom is -0.371 e. The number of halogens is 1. The van der Waals surface area contributed by atoms with Crippen LogP contribution in [-0.2, 0) is 6.42 Å². The molecule has 0 bridgehead atoms. The zero-order valence-corrected chi connectivity index (χ0v) is 14.8. The molecule has 1 rings (SSSR count). The molecule has 3 heteroatoms. The van der Waals surface area contributed by atoms with Crippen LogP contribution < -0.4 is 10.6 Å². The first-order valence-electron chi connectivity index (χ1n) is 8.35. The molecule has 21 heavy (non-hydrogen) atoms. The van der Waals surface area contributed by atoms with Gasteiger partial charge in [-0.05, 0) is 43.4 Å². The highest BCUT2D eigenvalue weighted by Gasteiger charge is 2.17. The lowest BCUT2D eigenvalue weighted by Crippen LogP contribution is -2.31. The standard InChI is InChI=1S/C18H31ClN2/c1-5-14(6-2)13-21(8-4)18-11-9-10-17(19)16(18)12-15(20)7-3/h9-11,14-15H,5-8,12-13,20H2,1-4H3. The highest BCUT2D eigenvalue weighted by Crippen LogP contribution is 2.30. The fourth-order valence-electron chi connectivity index (χ4n) is 2.71. The van der Waals surface area contributed by atoms with Crippen molar-refractivity contribution in [3.05, 3.63) is 28.8 Å². The molecule has 0 saturated carbocycles. The third-order valence-electron chi connectivity index (χ3n) is 4.44. The number of nitrogens with two attached hydrogens (primary N) is 1. The maximum Gasteiger partial charge on any atom is 0.0459 e. The molecule has 120 valence electrons. The summed E-state index contributed by atoms with van der Waals surface area (Å²) in [7, 11) is 0. The quantitative estimate of drug-likeness (QED) is 0.704. The van der Waals surface area contributed by atoms with Crippen molar-refractivity contribution in [2.24, 2.45) is 11.7 Å². The van der Waals surface area contributed by atoms with Gasteiger partial charge in [0.25, 0.3) is 0 Å². The van der Waals surface area contributed by atoms with Gasteiger partial charge in [-0.2, -0.15) is 0 Å². The van der Waals surface area contributed by atoms with E-state index in [-0.39, 0.29) is 6.04 Å². The Labute approximate surface area is 135 Å². The first-order chi connectivity index (χ1) is 10.1. The summed E-state index contributed by atoms with van der Waals surface area (Å²) in [5, 5.41) is 0.847. The summed E-state index contributed by atoms with van der Waals surface area (Å²) in [5.74, 6) is 0.733. The zero-order valence-electron chi connectivity index (χ0n) is 14.0. The van der Waals surface area contributed by atoms with Gasteiger partial charge in [0.05, 0.1) is 0 Å². The zero-order chi connectivity index (χ0) is 15.8. The summed E-state index contributed by atoms with van der Waals surface area (Å²) in [5.41, 5.74) is 8.63. The van der Waals surface area contributed by atoms with E-state index in [0.29, 0.717) is 0 Å². The van der Waals surface area contributed by atoms with Gasteiger partial charge in [0.2, 0.25) is 0 Å². The van der Waals surface area contributed by atoms with Gasteiger partial charge in [-0.1, -0.05) is 51.3 Å². The monoisotopic (exact) mass is 310 g/mol. The lowest BCUT2D eigenvalue weighted by atomic mass is 9.99. The van der Waals surface area contributed by atoms with E-state index in [1.54, 1.807) is 0 Å². The summed E-state index contributed by atoms with van der Waals surface area (Å²) in [6.45, 7) is 11.0. The van der Waals surface area contributed by atoms with E-state index in [0.717, 1.165) is 36.9 Å². The van der Waals surface area contributed by atoms with Gasteiger partial charge in [0.15, 0.2) is 0 Å². The van der Waals surface area contributed by atoms with Crippen LogP contribution in [0.5, 0.6) is 0 Å². The van der Waals surface area contributed by atoms with Gasteiger partial charge < -0.3 is 10.6 Å². The average molecular weight is 311 g/mol. The Morgan fingerprint density at radius 2 is 1.76 bits per heavy atom. The van der Waals surface area contributed by atoms with Crippen molar-refractivity contribution >= 4 is 17.3 Å². The van der Waals surface area contributed by atoms with Crippen molar-refractivity contribution in [1.29, 1.82) is 0 Å². The van der Waals surface area contributed by atoms with Crippen LogP contribution in [0.15, 0.2) is 18.2 Å². The molecule has 0 aliphatic carbocycles. The number of rotatable bonds is 9. The summed E-state index contributed by atoms with van der Waals surface area (Å²) in [6, 6.07) is 6.40. The topological polar surface area (TPSA) is 29.3 Å². The Hall–Kier alpha value is -0.730. The molecule has 1 aromatic carbocycles. The minimum atomic E-state index is 0.176. The van der Waals surface area contributed by atoms with Crippen LogP contribution >= 0.6 is 11.6 Å². The summed E-state index contributed by atoms with van der Waals surface area (Å²) < 4.78 is 0. The van der Waals surface area contributed by atoms with Crippen molar-refractivity contribution in [3.63, 3.8) is 0 Å². The fraction of sp³-hybridized carbons (Fsp3) is 0.667. The van der Waals surface area contributed by atoms with Gasteiger partial charge in [-0.25, -0.2) is 0 Å². The van der Waals surface area contributed by atoms with E-state index in [2.05, 4.69) is 38.7 Å². The van der Waals surface area contributed by atoms with Crippen molar-refractivity contribution in [2.75, 3.05) is 18.0 Å². The van der Waals surface area contributed by atoms with E-state index < -0.39 is 0 Å². The fourth-order valence-corrected chi connectivity index (χ4v) is 2.96. The second-order valence-electron chi connectivity index (χ2n) is 5.83. The van der Waals surface area contributed by atoms with Crippen molar-refractivity contribution in [2.45, 2.75) is 59.4 Å². The maximum absolute atomic E-state index is 6.45. The van der Waals surface area contributed by atoms with Crippen LogP contribution in [0, 0.1) is 5.92 Å². The molecule has 1 unspecified atom stereocenters. The summed E-state index contributed by atoms with van der Waals surface area (Å²) in [4.78, 5) is 2.46. The van der Waals surface area contributed by atoms with Crippen LogP contribution in [0.3, 0.4) is 0 Å². The van der Waals surface area contributed by atoms with Gasteiger partial charge in [-0.15, -0.1) is 0 Å². The number of hydrogen-bond acceptors (Lipinski definition) is 2. The SMILES string of the molecule is CCC(N)Cc1c(Cl)cccc1N(CC)CC(CC)CC. The van der Waals surface area contributed by atoms with Gasteiger partial charge in [0, 0.05) is 29.8 Å². The number of anilines is 1. The molecule has 0 radical (unpaired) electrons. The predicted octanol–water partition coefficient (Wildman–Crippen LogP) is 4.88. The third kappa shape index (κ3) is 5.19. The predicted molar refractivity (Wildman–Crippen MR) is 95.4 cm³/mol. The van der Waals surface area contributed by atoms with E-state index in [1.807, 2.05) is 12.1 Å². The lowest BCUT2D eigenvalue weighted by molar-refractivity contribution is 0.485.